The Balaban J connectivity index is 1.15. The first-order valence-corrected chi connectivity index (χ1v) is 15.6. The molecule has 0 N–H and O–H groups in total. The summed E-state index contributed by atoms with van der Waals surface area (Å²) in [5, 5.41) is 1.15. The Morgan fingerprint density at radius 3 is 2.26 bits per heavy atom. The fourth-order valence-electron chi connectivity index (χ4n) is 6.44. The number of piperidine rings is 1. The number of anilines is 1. The number of halogens is 2. The number of likely N-dealkylation sites (tertiary alicyclic amines) is 3. The SMILES string of the molecule is CC(=O)N1CCC(OC(=O)N(CCCN2CC3CN(C(=O)c4cccc(C)c4Cl)CC3C2)c2ccc(C)c(Cl)c2)CC1. The maximum Gasteiger partial charge on any atom is 0.414 e. The number of hydrogen-bond acceptors (Lipinski definition) is 5. The minimum absolute atomic E-state index is 0.0162. The molecule has 3 aliphatic heterocycles. The van der Waals surface area contributed by atoms with Gasteiger partial charge in [-0.1, -0.05) is 41.4 Å². The van der Waals surface area contributed by atoms with Gasteiger partial charge in [-0.2, -0.15) is 0 Å². The summed E-state index contributed by atoms with van der Waals surface area (Å²) < 4.78 is 5.92. The van der Waals surface area contributed by atoms with E-state index in [0.29, 0.717) is 59.9 Å². The summed E-state index contributed by atoms with van der Waals surface area (Å²) in [4.78, 5) is 46.1. The van der Waals surface area contributed by atoms with E-state index in [1.165, 1.54) is 0 Å². The largest absolute Gasteiger partial charge is 0.446 e. The summed E-state index contributed by atoms with van der Waals surface area (Å²) >= 11 is 12.9. The van der Waals surface area contributed by atoms with Gasteiger partial charge < -0.3 is 19.4 Å². The number of carbonyl (C=O) groups is 3. The first-order chi connectivity index (χ1) is 20.1. The van der Waals surface area contributed by atoms with Crippen molar-refractivity contribution in [3.05, 3.63) is 63.1 Å². The van der Waals surface area contributed by atoms with E-state index in [1.807, 2.05) is 55.1 Å². The second-order valence-electron chi connectivity index (χ2n) is 12.0. The highest BCUT2D eigenvalue weighted by Gasteiger charge is 2.41. The van der Waals surface area contributed by atoms with E-state index in [1.54, 1.807) is 16.7 Å². The molecule has 3 amide bonds. The Morgan fingerprint density at radius 1 is 0.929 bits per heavy atom. The molecule has 5 rings (SSSR count). The highest BCUT2D eigenvalue weighted by molar-refractivity contribution is 6.34. The lowest BCUT2D eigenvalue weighted by Gasteiger charge is -2.32. The van der Waals surface area contributed by atoms with Crippen molar-refractivity contribution in [3.8, 4) is 0 Å². The number of benzene rings is 2. The van der Waals surface area contributed by atoms with Crippen molar-refractivity contribution >= 4 is 46.8 Å². The monoisotopic (exact) mass is 614 g/mol. The lowest BCUT2D eigenvalue weighted by molar-refractivity contribution is -0.130. The van der Waals surface area contributed by atoms with Crippen molar-refractivity contribution in [2.24, 2.45) is 11.8 Å². The molecule has 0 radical (unpaired) electrons. The predicted molar refractivity (Wildman–Crippen MR) is 165 cm³/mol. The average Bonchev–Trinajstić information content (AvgIpc) is 3.53. The van der Waals surface area contributed by atoms with Crippen LogP contribution in [0.3, 0.4) is 0 Å². The van der Waals surface area contributed by atoms with Gasteiger partial charge in [0.2, 0.25) is 5.91 Å². The molecule has 8 nitrogen and oxygen atoms in total. The number of amides is 3. The molecule has 2 atom stereocenters. The van der Waals surface area contributed by atoms with Crippen LogP contribution < -0.4 is 4.90 Å². The van der Waals surface area contributed by atoms with E-state index in [2.05, 4.69) is 4.90 Å². The van der Waals surface area contributed by atoms with Crippen molar-refractivity contribution in [1.82, 2.24) is 14.7 Å². The van der Waals surface area contributed by atoms with Crippen LogP contribution in [0.1, 0.15) is 47.7 Å². The molecule has 10 heteroatoms. The zero-order valence-corrected chi connectivity index (χ0v) is 26.2. The second kappa shape index (κ2) is 13.2. The second-order valence-corrected chi connectivity index (χ2v) is 12.7. The molecule has 0 bridgehead atoms. The molecule has 226 valence electrons. The molecule has 0 aromatic heterocycles. The van der Waals surface area contributed by atoms with E-state index in [4.69, 9.17) is 27.9 Å². The van der Waals surface area contributed by atoms with E-state index in [-0.39, 0.29) is 24.0 Å². The fourth-order valence-corrected chi connectivity index (χ4v) is 6.83. The Hall–Kier alpha value is -2.81. The number of fused-ring (bicyclic) bond motifs is 1. The summed E-state index contributed by atoms with van der Waals surface area (Å²) in [6.07, 6.45) is 1.47. The van der Waals surface area contributed by atoms with Crippen LogP contribution in [0.25, 0.3) is 0 Å². The Kier molecular flexibility index (Phi) is 9.65. The summed E-state index contributed by atoms with van der Waals surface area (Å²) in [6, 6.07) is 11.3. The topological polar surface area (TPSA) is 73.4 Å². The zero-order chi connectivity index (χ0) is 30.0. The van der Waals surface area contributed by atoms with Gasteiger partial charge in [0, 0.05) is 76.3 Å². The molecule has 3 saturated heterocycles. The lowest BCUT2D eigenvalue weighted by atomic mass is 10.0. The molecule has 2 aromatic carbocycles. The number of carbonyl (C=O) groups excluding carboxylic acids is 3. The summed E-state index contributed by atoms with van der Waals surface area (Å²) in [7, 11) is 0. The van der Waals surface area contributed by atoms with E-state index < -0.39 is 0 Å². The molecule has 0 aliphatic carbocycles. The Bertz CT molecular complexity index is 1320. The molecule has 0 spiro atoms. The van der Waals surface area contributed by atoms with Crippen LogP contribution in [0.4, 0.5) is 10.5 Å². The van der Waals surface area contributed by atoms with E-state index >= 15 is 0 Å². The van der Waals surface area contributed by atoms with E-state index in [9.17, 15) is 14.4 Å². The molecular formula is C32H40Cl2N4O4. The smallest absolute Gasteiger partial charge is 0.414 e. The van der Waals surface area contributed by atoms with Gasteiger partial charge in [0.05, 0.1) is 10.6 Å². The molecule has 0 saturated carbocycles. The van der Waals surface area contributed by atoms with Gasteiger partial charge >= 0.3 is 6.09 Å². The van der Waals surface area contributed by atoms with Gasteiger partial charge in [-0.25, -0.2) is 4.79 Å². The third kappa shape index (κ3) is 6.87. The average molecular weight is 616 g/mol. The van der Waals surface area contributed by atoms with Crippen LogP contribution in [0.5, 0.6) is 0 Å². The normalized spacial score (nSPS) is 21.0. The van der Waals surface area contributed by atoms with Crippen molar-refractivity contribution in [2.75, 3.05) is 57.3 Å². The van der Waals surface area contributed by atoms with Crippen molar-refractivity contribution in [3.63, 3.8) is 0 Å². The van der Waals surface area contributed by atoms with Crippen LogP contribution in [-0.4, -0.2) is 91.1 Å². The number of aryl methyl sites for hydroxylation is 2. The maximum absolute atomic E-state index is 13.4. The lowest BCUT2D eigenvalue weighted by Crippen LogP contribution is -2.43. The maximum atomic E-state index is 13.4. The Morgan fingerprint density at radius 2 is 1.62 bits per heavy atom. The van der Waals surface area contributed by atoms with Gasteiger partial charge in [-0.3, -0.25) is 14.5 Å². The first kappa shape index (κ1) is 30.6. The summed E-state index contributed by atoms with van der Waals surface area (Å²) in [6.45, 7) is 11.3. The van der Waals surface area contributed by atoms with Gasteiger partial charge in [0.15, 0.2) is 0 Å². The van der Waals surface area contributed by atoms with Crippen LogP contribution in [0.2, 0.25) is 10.0 Å². The van der Waals surface area contributed by atoms with Crippen LogP contribution in [-0.2, 0) is 9.53 Å². The van der Waals surface area contributed by atoms with Gasteiger partial charge in [0.1, 0.15) is 6.10 Å². The van der Waals surface area contributed by atoms with Gasteiger partial charge in [0.25, 0.3) is 5.91 Å². The van der Waals surface area contributed by atoms with E-state index in [0.717, 1.165) is 56.0 Å². The molecule has 42 heavy (non-hydrogen) atoms. The number of hydrogen-bond donors (Lipinski definition) is 0. The number of nitrogens with zero attached hydrogens (tertiary/aromatic N) is 4. The molecule has 3 heterocycles. The number of rotatable bonds is 7. The third-order valence-electron chi connectivity index (χ3n) is 8.97. The van der Waals surface area contributed by atoms with Crippen molar-refractivity contribution < 1.29 is 19.1 Å². The van der Waals surface area contributed by atoms with Crippen LogP contribution in [0, 0.1) is 25.7 Å². The Labute approximate surface area is 258 Å². The first-order valence-electron chi connectivity index (χ1n) is 14.9. The van der Waals surface area contributed by atoms with Crippen LogP contribution >= 0.6 is 23.2 Å². The van der Waals surface area contributed by atoms with Gasteiger partial charge in [-0.15, -0.1) is 0 Å². The molecule has 3 aliphatic rings. The summed E-state index contributed by atoms with van der Waals surface area (Å²) in [5.41, 5.74) is 3.17. The fraction of sp³-hybridized carbons (Fsp3) is 0.531. The molecular weight excluding hydrogens is 575 g/mol. The third-order valence-corrected chi connectivity index (χ3v) is 9.88. The molecule has 2 unspecified atom stereocenters. The zero-order valence-electron chi connectivity index (χ0n) is 24.7. The minimum atomic E-state index is -0.376. The quantitative estimate of drug-likeness (QED) is 0.402. The molecule has 2 aromatic rings. The summed E-state index contributed by atoms with van der Waals surface area (Å²) in [5.74, 6) is 0.949. The predicted octanol–water partition coefficient (Wildman–Crippen LogP) is 5.66. The minimum Gasteiger partial charge on any atom is -0.446 e. The van der Waals surface area contributed by atoms with Crippen molar-refractivity contribution in [1.29, 1.82) is 0 Å². The number of ether oxygens (including phenoxy) is 1. The highest BCUT2D eigenvalue weighted by atomic mass is 35.5. The highest BCUT2D eigenvalue weighted by Crippen LogP contribution is 2.33. The molecule has 3 fully saturated rings. The van der Waals surface area contributed by atoms with Crippen LogP contribution in [0.15, 0.2) is 36.4 Å². The standard InChI is InChI=1S/C32H40Cl2N4O4/c1-21-8-9-26(16-29(21)33)38(32(41)42-27-10-14-36(15-11-27)23(3)39)13-5-12-35-17-24-19-37(20-25(24)18-35)31(40)28-7-4-6-22(2)30(28)34/h4,6-9,16,24-25,27H,5,10-15,17-20H2,1-3H3. The van der Waals surface area contributed by atoms with Crippen molar-refractivity contribution in [2.45, 2.75) is 46.1 Å². The van der Waals surface area contributed by atoms with Gasteiger partial charge in [-0.05, 0) is 68.0 Å².